The van der Waals surface area contributed by atoms with E-state index in [2.05, 4.69) is 9.47 Å². The van der Waals surface area contributed by atoms with Crippen LogP contribution in [-0.4, -0.2) is 24.1 Å². The number of halogens is 2. The summed E-state index contributed by atoms with van der Waals surface area (Å²) in [6, 6.07) is 4.07. The van der Waals surface area contributed by atoms with Crippen molar-refractivity contribution in [1.29, 1.82) is 0 Å². The van der Waals surface area contributed by atoms with Crippen molar-refractivity contribution in [2.75, 3.05) is 6.67 Å². The van der Waals surface area contributed by atoms with Gasteiger partial charge in [0, 0.05) is 11.6 Å². The number of alkyl halides is 2. The second-order valence-corrected chi connectivity index (χ2v) is 3.41. The third-order valence-electron chi connectivity index (χ3n) is 2.18. The zero-order valence-electron chi connectivity index (χ0n) is 9.97. The van der Waals surface area contributed by atoms with E-state index in [-0.39, 0.29) is 5.75 Å². The lowest BCUT2D eigenvalue weighted by atomic mass is 10.1. The molecule has 0 amide bonds. The molecule has 1 unspecified atom stereocenters. The van der Waals surface area contributed by atoms with Crippen LogP contribution in [0.4, 0.5) is 19.3 Å². The Bertz CT molecular complexity index is 480. The van der Waals surface area contributed by atoms with E-state index in [1.165, 1.54) is 12.1 Å². The van der Waals surface area contributed by atoms with Crippen LogP contribution >= 0.6 is 0 Å². The number of carbonyl (C=O) groups excluding carboxylic acids is 1. The van der Waals surface area contributed by atoms with Crippen LogP contribution in [0.1, 0.15) is 12.5 Å². The molecule has 0 aliphatic carbocycles. The summed E-state index contributed by atoms with van der Waals surface area (Å²) < 4.78 is 32.8. The molecule has 1 aromatic carbocycles. The lowest BCUT2D eigenvalue weighted by molar-refractivity contribution is -0.385. The molecule has 0 aromatic heterocycles. The molecule has 0 saturated heterocycles. The fourth-order valence-electron chi connectivity index (χ4n) is 1.35. The van der Waals surface area contributed by atoms with E-state index < -0.39 is 29.8 Å². The Balaban J connectivity index is 2.98. The molecule has 0 aliphatic rings. The second kappa shape index (κ2) is 6.62. The molecular formula is C11H11F2NO5. The van der Waals surface area contributed by atoms with Crippen molar-refractivity contribution in [2.45, 2.75) is 19.7 Å². The summed E-state index contributed by atoms with van der Waals surface area (Å²) in [6.45, 7) is 0.170. The molecule has 0 aliphatic heterocycles. The number of hydrogen-bond donors (Lipinski definition) is 0. The minimum atomic E-state index is -2.46. The first-order valence-corrected chi connectivity index (χ1v) is 5.34. The highest BCUT2D eigenvalue weighted by Crippen LogP contribution is 2.31. The van der Waals surface area contributed by atoms with Crippen LogP contribution in [0, 0.1) is 10.1 Å². The van der Waals surface area contributed by atoms with Gasteiger partial charge in [-0.1, -0.05) is 19.1 Å². The number of hydrogen-bond acceptors (Lipinski definition) is 5. The monoisotopic (exact) mass is 275 g/mol. The first-order valence-electron chi connectivity index (χ1n) is 5.34. The molecule has 0 heterocycles. The molecule has 8 heteroatoms. The van der Waals surface area contributed by atoms with Gasteiger partial charge in [0.2, 0.25) is 5.75 Å². The van der Waals surface area contributed by atoms with Gasteiger partial charge in [-0.3, -0.25) is 10.1 Å². The summed E-state index contributed by atoms with van der Waals surface area (Å²) in [5, 5.41) is 10.8. The van der Waals surface area contributed by atoms with Crippen LogP contribution in [-0.2, 0) is 11.2 Å². The van der Waals surface area contributed by atoms with Gasteiger partial charge >= 0.3 is 11.8 Å². The Morgan fingerprint density at radius 1 is 1.53 bits per heavy atom. The number of benzene rings is 1. The Labute approximate surface area is 107 Å². The van der Waals surface area contributed by atoms with Gasteiger partial charge in [-0.2, -0.15) is 4.39 Å². The van der Waals surface area contributed by atoms with E-state index >= 15 is 0 Å². The van der Waals surface area contributed by atoms with Gasteiger partial charge < -0.3 is 9.47 Å². The minimum absolute atomic E-state index is 0.328. The first kappa shape index (κ1) is 14.8. The van der Waals surface area contributed by atoms with Crippen molar-refractivity contribution >= 4 is 11.8 Å². The van der Waals surface area contributed by atoms with Crippen molar-refractivity contribution < 1.29 is 28.0 Å². The standard InChI is InChI=1S/C11H11F2NO5/c1-2-7-4-3-5-8(14(16)17)10(7)19-11(15)18-9(13)6-12/h3-5,9H,2,6H2,1H3. The van der Waals surface area contributed by atoms with Crippen molar-refractivity contribution in [3.63, 3.8) is 0 Å². The Hall–Kier alpha value is -2.25. The van der Waals surface area contributed by atoms with Crippen molar-refractivity contribution in [2.24, 2.45) is 0 Å². The molecule has 0 bridgehead atoms. The molecule has 104 valence electrons. The van der Waals surface area contributed by atoms with E-state index in [9.17, 15) is 23.7 Å². The smallest absolute Gasteiger partial charge is 0.396 e. The molecular weight excluding hydrogens is 264 g/mol. The lowest BCUT2D eigenvalue weighted by Gasteiger charge is -2.10. The van der Waals surface area contributed by atoms with E-state index in [4.69, 9.17) is 0 Å². The number of nitro groups is 1. The van der Waals surface area contributed by atoms with Gasteiger partial charge in [0.1, 0.15) is 0 Å². The van der Waals surface area contributed by atoms with Gasteiger partial charge in [0.15, 0.2) is 6.67 Å². The third kappa shape index (κ3) is 3.87. The largest absolute Gasteiger partial charge is 0.516 e. The molecule has 1 aromatic rings. The molecule has 1 rings (SSSR count). The highest BCUT2D eigenvalue weighted by molar-refractivity contribution is 5.68. The van der Waals surface area contributed by atoms with E-state index in [1.54, 1.807) is 6.92 Å². The minimum Gasteiger partial charge on any atom is -0.396 e. The molecule has 6 nitrogen and oxygen atoms in total. The number of carbonyl (C=O) groups is 1. The molecule has 0 fully saturated rings. The number of para-hydroxylation sites is 1. The average Bonchev–Trinajstić information content (AvgIpc) is 2.38. The quantitative estimate of drug-likeness (QED) is 0.357. The van der Waals surface area contributed by atoms with Crippen molar-refractivity contribution in [3.05, 3.63) is 33.9 Å². The van der Waals surface area contributed by atoms with Crippen LogP contribution in [0.5, 0.6) is 5.75 Å². The first-order chi connectivity index (χ1) is 8.99. The SMILES string of the molecule is CCc1cccc([N+](=O)[O-])c1OC(=O)OC(F)CF. The summed E-state index contributed by atoms with van der Waals surface area (Å²) >= 11 is 0. The zero-order chi connectivity index (χ0) is 14.4. The highest BCUT2D eigenvalue weighted by atomic mass is 19.2. The van der Waals surface area contributed by atoms with Gasteiger partial charge in [-0.25, -0.2) is 9.18 Å². The van der Waals surface area contributed by atoms with Crippen LogP contribution in [0.3, 0.4) is 0 Å². The Morgan fingerprint density at radius 2 is 2.21 bits per heavy atom. The molecule has 0 N–H and O–H groups in total. The van der Waals surface area contributed by atoms with Crippen LogP contribution in [0.2, 0.25) is 0 Å². The number of nitro benzene ring substituents is 1. The summed E-state index contributed by atoms with van der Waals surface area (Å²) in [5.41, 5.74) is -0.0752. The molecule has 0 spiro atoms. The normalized spacial score (nSPS) is 11.7. The van der Waals surface area contributed by atoms with E-state index in [1.807, 2.05) is 0 Å². The predicted octanol–water partition coefficient (Wildman–Crippen LogP) is 2.94. The maximum absolute atomic E-state index is 12.5. The van der Waals surface area contributed by atoms with Gasteiger partial charge in [-0.05, 0) is 6.42 Å². The van der Waals surface area contributed by atoms with Crippen LogP contribution in [0.15, 0.2) is 18.2 Å². The van der Waals surface area contributed by atoms with Crippen molar-refractivity contribution in [3.8, 4) is 5.75 Å². The maximum atomic E-state index is 12.5. The molecule has 0 saturated carbocycles. The van der Waals surface area contributed by atoms with Crippen LogP contribution in [0.25, 0.3) is 0 Å². The number of ether oxygens (including phenoxy) is 2. The van der Waals surface area contributed by atoms with E-state index in [0.29, 0.717) is 12.0 Å². The molecule has 19 heavy (non-hydrogen) atoms. The fraction of sp³-hybridized carbons (Fsp3) is 0.364. The van der Waals surface area contributed by atoms with Gasteiger partial charge in [0.25, 0.3) is 6.36 Å². The van der Waals surface area contributed by atoms with Crippen LogP contribution < -0.4 is 4.74 Å². The molecule has 1 atom stereocenters. The third-order valence-corrected chi connectivity index (χ3v) is 2.18. The molecule has 0 radical (unpaired) electrons. The van der Waals surface area contributed by atoms with E-state index in [0.717, 1.165) is 6.07 Å². The number of rotatable bonds is 5. The fourth-order valence-corrected chi connectivity index (χ4v) is 1.35. The zero-order valence-corrected chi connectivity index (χ0v) is 9.97. The summed E-state index contributed by atoms with van der Waals surface area (Å²) in [7, 11) is 0. The summed E-state index contributed by atoms with van der Waals surface area (Å²) in [4.78, 5) is 21.2. The van der Waals surface area contributed by atoms with Gasteiger partial charge in [0.05, 0.1) is 4.92 Å². The maximum Gasteiger partial charge on any atom is 0.516 e. The predicted molar refractivity (Wildman–Crippen MR) is 60.5 cm³/mol. The Morgan fingerprint density at radius 3 is 2.74 bits per heavy atom. The second-order valence-electron chi connectivity index (χ2n) is 3.41. The van der Waals surface area contributed by atoms with Gasteiger partial charge in [-0.15, -0.1) is 0 Å². The lowest BCUT2D eigenvalue weighted by Crippen LogP contribution is -2.19. The average molecular weight is 275 g/mol. The number of aryl methyl sites for hydroxylation is 1. The summed E-state index contributed by atoms with van der Waals surface area (Å²) in [6.07, 6.45) is -3.64. The topological polar surface area (TPSA) is 78.7 Å². The Kier molecular flexibility index (Phi) is 5.16. The van der Waals surface area contributed by atoms with Crippen molar-refractivity contribution in [1.82, 2.24) is 0 Å². The highest BCUT2D eigenvalue weighted by Gasteiger charge is 2.23. The summed E-state index contributed by atoms with van der Waals surface area (Å²) in [5.74, 6) is -0.328. The number of nitrogens with zero attached hydrogens (tertiary/aromatic N) is 1.